The van der Waals surface area contributed by atoms with Crippen LogP contribution >= 0.6 is 0 Å². The molecule has 1 heterocycles. The minimum absolute atomic E-state index is 0.109. The molecule has 0 saturated heterocycles. The third-order valence-corrected chi connectivity index (χ3v) is 3.85. The van der Waals surface area contributed by atoms with Crippen molar-refractivity contribution < 1.29 is 5.11 Å². The summed E-state index contributed by atoms with van der Waals surface area (Å²) in [5.74, 6) is 0.938. The Bertz CT molecular complexity index is 617. The number of H-pyrrole nitrogens is 1. The number of benzene rings is 1. The molecule has 0 aliphatic rings. The van der Waals surface area contributed by atoms with Crippen molar-refractivity contribution in [2.45, 2.75) is 32.8 Å². The summed E-state index contributed by atoms with van der Waals surface area (Å²) in [5, 5.41) is 14.8. The molecule has 4 heteroatoms. The second-order valence-electron chi connectivity index (χ2n) is 5.12. The van der Waals surface area contributed by atoms with Gasteiger partial charge in [-0.1, -0.05) is 44.9 Å². The molecule has 1 atom stereocenters. The van der Waals surface area contributed by atoms with Gasteiger partial charge in [0.25, 0.3) is 5.56 Å². The molecule has 0 spiro atoms. The van der Waals surface area contributed by atoms with E-state index in [0.717, 1.165) is 18.2 Å². The second kappa shape index (κ2) is 6.57. The molecule has 1 unspecified atom stereocenters. The Balaban J connectivity index is 2.12. The first-order valence-electron chi connectivity index (χ1n) is 7.19. The molecule has 0 bridgehead atoms. The van der Waals surface area contributed by atoms with Crippen molar-refractivity contribution in [3.05, 3.63) is 40.7 Å². The van der Waals surface area contributed by atoms with Crippen molar-refractivity contribution in [3.63, 3.8) is 0 Å². The van der Waals surface area contributed by atoms with Crippen molar-refractivity contribution in [3.8, 4) is 0 Å². The van der Waals surface area contributed by atoms with E-state index >= 15 is 0 Å². The monoisotopic (exact) mass is 274 g/mol. The van der Waals surface area contributed by atoms with Crippen LogP contribution in [0, 0.1) is 5.92 Å². The first kappa shape index (κ1) is 14.6. The van der Waals surface area contributed by atoms with Crippen LogP contribution in [-0.4, -0.2) is 22.7 Å². The number of hydrogen-bond acceptors (Lipinski definition) is 3. The van der Waals surface area contributed by atoms with Crippen LogP contribution in [0.4, 0.5) is 5.82 Å². The molecule has 4 nitrogen and oxygen atoms in total. The van der Waals surface area contributed by atoms with Crippen LogP contribution in [-0.2, 0) is 0 Å². The molecule has 0 fully saturated rings. The van der Waals surface area contributed by atoms with Gasteiger partial charge in [-0.3, -0.25) is 4.79 Å². The molecule has 0 aliphatic heterocycles. The van der Waals surface area contributed by atoms with Gasteiger partial charge in [0.1, 0.15) is 5.82 Å². The lowest BCUT2D eigenvalue weighted by molar-refractivity contribution is 0.114. The molecule has 1 aromatic carbocycles. The van der Waals surface area contributed by atoms with Crippen LogP contribution in [0.2, 0.25) is 0 Å². The predicted octanol–water partition coefficient (Wildman–Crippen LogP) is 2.74. The number of nitrogens with one attached hydrogen (secondary N) is 2. The summed E-state index contributed by atoms with van der Waals surface area (Å²) in [7, 11) is 0. The molecule has 2 rings (SSSR count). The Kier molecular flexibility index (Phi) is 4.79. The number of pyridine rings is 1. The van der Waals surface area contributed by atoms with E-state index in [2.05, 4.69) is 24.1 Å². The van der Waals surface area contributed by atoms with E-state index in [0.29, 0.717) is 17.7 Å². The van der Waals surface area contributed by atoms with Gasteiger partial charge in [0, 0.05) is 11.9 Å². The summed E-state index contributed by atoms with van der Waals surface area (Å²) in [6.07, 6.45) is 1.50. The van der Waals surface area contributed by atoms with Crippen molar-refractivity contribution >= 4 is 16.6 Å². The number of fused-ring (bicyclic) bond motifs is 1. The van der Waals surface area contributed by atoms with Crippen LogP contribution < -0.4 is 10.9 Å². The highest BCUT2D eigenvalue weighted by Crippen LogP contribution is 2.15. The fourth-order valence-electron chi connectivity index (χ4n) is 2.52. The van der Waals surface area contributed by atoms with E-state index < -0.39 is 6.10 Å². The number of aromatic nitrogens is 1. The first-order chi connectivity index (χ1) is 9.65. The smallest absolute Gasteiger partial charge is 0.257 e. The summed E-state index contributed by atoms with van der Waals surface area (Å²) in [5.41, 5.74) is -0.109. The molecule has 0 aliphatic carbocycles. The standard InChI is InChI=1S/C16H22N2O2/c1-3-11(4-2)14(19)10-17-15-9-12-7-5-6-8-13(12)16(20)18-15/h5-9,11,14,19H,3-4,10H2,1-2H3,(H2,17,18,20). The molecular weight excluding hydrogens is 252 g/mol. The van der Waals surface area contributed by atoms with Gasteiger partial charge in [0.2, 0.25) is 0 Å². The van der Waals surface area contributed by atoms with Gasteiger partial charge in [-0.05, 0) is 23.4 Å². The van der Waals surface area contributed by atoms with E-state index in [9.17, 15) is 9.90 Å². The van der Waals surface area contributed by atoms with Crippen molar-refractivity contribution in [1.29, 1.82) is 0 Å². The summed E-state index contributed by atoms with van der Waals surface area (Å²) < 4.78 is 0. The number of anilines is 1. The third kappa shape index (κ3) is 3.20. The van der Waals surface area contributed by atoms with Crippen LogP contribution in [0.5, 0.6) is 0 Å². The summed E-state index contributed by atoms with van der Waals surface area (Å²) in [6, 6.07) is 9.37. The zero-order valence-electron chi connectivity index (χ0n) is 12.0. The normalized spacial score (nSPS) is 12.8. The van der Waals surface area contributed by atoms with Gasteiger partial charge in [-0.25, -0.2) is 0 Å². The molecule has 108 valence electrons. The molecule has 3 N–H and O–H groups in total. The van der Waals surface area contributed by atoms with Crippen molar-refractivity contribution in [1.82, 2.24) is 4.98 Å². The van der Waals surface area contributed by atoms with E-state index in [-0.39, 0.29) is 11.5 Å². The van der Waals surface area contributed by atoms with Crippen LogP contribution in [0.15, 0.2) is 35.1 Å². The lowest BCUT2D eigenvalue weighted by atomic mass is 9.96. The van der Waals surface area contributed by atoms with Crippen LogP contribution in [0.3, 0.4) is 0 Å². The highest BCUT2D eigenvalue weighted by atomic mass is 16.3. The highest BCUT2D eigenvalue weighted by Gasteiger charge is 2.15. The molecule has 20 heavy (non-hydrogen) atoms. The summed E-state index contributed by atoms with van der Waals surface area (Å²) in [6.45, 7) is 4.60. The van der Waals surface area contributed by atoms with E-state index in [1.54, 1.807) is 6.07 Å². The highest BCUT2D eigenvalue weighted by molar-refractivity contribution is 5.83. The largest absolute Gasteiger partial charge is 0.391 e. The fraction of sp³-hybridized carbons (Fsp3) is 0.438. The number of hydrogen-bond donors (Lipinski definition) is 3. The minimum atomic E-state index is -0.403. The average molecular weight is 274 g/mol. The summed E-state index contributed by atoms with van der Waals surface area (Å²) in [4.78, 5) is 14.7. The molecule has 0 amide bonds. The lowest BCUT2D eigenvalue weighted by Crippen LogP contribution is -2.28. The Hall–Kier alpha value is -1.81. The SMILES string of the molecule is CCC(CC)C(O)CNc1cc2ccccc2c(=O)[nH]1. The second-order valence-corrected chi connectivity index (χ2v) is 5.12. The van der Waals surface area contributed by atoms with Crippen LogP contribution in [0.1, 0.15) is 26.7 Å². The molecular formula is C16H22N2O2. The van der Waals surface area contributed by atoms with Crippen molar-refractivity contribution in [2.75, 3.05) is 11.9 Å². The van der Waals surface area contributed by atoms with Gasteiger partial charge in [-0.2, -0.15) is 0 Å². The maximum atomic E-state index is 11.9. The van der Waals surface area contributed by atoms with Gasteiger partial charge in [0.15, 0.2) is 0 Å². The fourth-order valence-corrected chi connectivity index (χ4v) is 2.52. The number of aromatic amines is 1. The molecule has 1 aromatic heterocycles. The molecule has 0 radical (unpaired) electrons. The van der Waals surface area contributed by atoms with E-state index in [4.69, 9.17) is 0 Å². The first-order valence-corrected chi connectivity index (χ1v) is 7.19. The summed E-state index contributed by atoms with van der Waals surface area (Å²) >= 11 is 0. The third-order valence-electron chi connectivity index (χ3n) is 3.85. The zero-order chi connectivity index (χ0) is 14.5. The topological polar surface area (TPSA) is 65.1 Å². The van der Waals surface area contributed by atoms with E-state index in [1.807, 2.05) is 24.3 Å². The number of aliphatic hydroxyl groups is 1. The molecule has 0 saturated carbocycles. The van der Waals surface area contributed by atoms with Gasteiger partial charge >= 0.3 is 0 Å². The quantitative estimate of drug-likeness (QED) is 0.759. The zero-order valence-corrected chi connectivity index (χ0v) is 12.0. The van der Waals surface area contributed by atoms with Crippen LogP contribution in [0.25, 0.3) is 10.8 Å². The Labute approximate surface area is 118 Å². The van der Waals surface area contributed by atoms with Gasteiger partial charge in [-0.15, -0.1) is 0 Å². The molecule has 2 aromatic rings. The Morgan fingerprint density at radius 3 is 2.65 bits per heavy atom. The Morgan fingerprint density at radius 1 is 1.25 bits per heavy atom. The minimum Gasteiger partial charge on any atom is -0.391 e. The van der Waals surface area contributed by atoms with E-state index in [1.165, 1.54) is 0 Å². The maximum absolute atomic E-state index is 11.9. The number of rotatable bonds is 6. The predicted molar refractivity (Wildman–Crippen MR) is 83.1 cm³/mol. The van der Waals surface area contributed by atoms with Gasteiger partial charge < -0.3 is 15.4 Å². The lowest BCUT2D eigenvalue weighted by Gasteiger charge is -2.20. The van der Waals surface area contributed by atoms with Gasteiger partial charge in [0.05, 0.1) is 6.10 Å². The average Bonchev–Trinajstić information content (AvgIpc) is 2.46. The number of aliphatic hydroxyl groups excluding tert-OH is 1. The maximum Gasteiger partial charge on any atom is 0.257 e. The van der Waals surface area contributed by atoms with Crippen molar-refractivity contribution in [2.24, 2.45) is 5.92 Å². The Morgan fingerprint density at radius 2 is 1.95 bits per heavy atom.